The van der Waals surface area contributed by atoms with Crippen molar-refractivity contribution in [2.75, 3.05) is 0 Å². The van der Waals surface area contributed by atoms with E-state index in [2.05, 4.69) is 13.8 Å². The van der Waals surface area contributed by atoms with E-state index in [1.165, 1.54) is 12.1 Å². The van der Waals surface area contributed by atoms with Gasteiger partial charge in [0.1, 0.15) is 10.6 Å². The van der Waals surface area contributed by atoms with Crippen molar-refractivity contribution >= 4 is 20.2 Å². The van der Waals surface area contributed by atoms with Crippen molar-refractivity contribution < 1.29 is 25.6 Å². The molecule has 8 heteroatoms. The molecule has 188 valence electrons. The highest BCUT2D eigenvalue weighted by Gasteiger charge is 2.31. The monoisotopic (exact) mass is 508 g/mol. The normalized spacial score (nSPS) is 15.0. The maximum absolute atomic E-state index is 13.8. The smallest absolute Gasteiger partial charge is 0.339 e. The van der Waals surface area contributed by atoms with Gasteiger partial charge in [-0.15, -0.1) is 0 Å². The standard InChI is InChI=1S/C26H36O6S2/c1-16(2)19-14-22(17(3)4)26(23(15-19)18(5)6)34(30,31)32-24-12-13-25(33(27,28)29)21-11-9-7-8-10-20(21)24/h12-18H,7-11H2,1-6H3,(H,27,28,29). The minimum atomic E-state index is -4.43. The van der Waals surface area contributed by atoms with Gasteiger partial charge in [-0.1, -0.05) is 60.1 Å². The lowest BCUT2D eigenvalue weighted by Gasteiger charge is -2.23. The minimum Gasteiger partial charge on any atom is -0.379 e. The first kappa shape index (κ1) is 26.7. The molecule has 2 aromatic rings. The fraction of sp³-hybridized carbons (Fsp3) is 0.538. The van der Waals surface area contributed by atoms with Crippen LogP contribution in [-0.4, -0.2) is 21.4 Å². The van der Waals surface area contributed by atoms with Crippen LogP contribution in [0.5, 0.6) is 5.75 Å². The van der Waals surface area contributed by atoms with Crippen LogP contribution in [-0.2, 0) is 33.1 Å². The second kappa shape index (κ2) is 9.99. The Morgan fingerprint density at radius 3 is 1.76 bits per heavy atom. The van der Waals surface area contributed by atoms with Crippen LogP contribution in [0, 0.1) is 0 Å². The van der Waals surface area contributed by atoms with E-state index < -0.39 is 20.2 Å². The molecule has 0 spiro atoms. The Labute approximate surface area is 204 Å². The Hall–Kier alpha value is -1.90. The molecule has 2 aromatic carbocycles. The van der Waals surface area contributed by atoms with Gasteiger partial charge in [0.15, 0.2) is 0 Å². The van der Waals surface area contributed by atoms with Gasteiger partial charge in [-0.2, -0.15) is 16.8 Å². The lowest BCUT2D eigenvalue weighted by atomic mass is 9.89. The highest BCUT2D eigenvalue weighted by Crippen LogP contribution is 2.39. The summed E-state index contributed by atoms with van der Waals surface area (Å²) in [4.78, 5) is 0.0318. The molecule has 1 N–H and O–H groups in total. The van der Waals surface area contributed by atoms with E-state index in [9.17, 15) is 21.4 Å². The van der Waals surface area contributed by atoms with E-state index in [0.29, 0.717) is 24.0 Å². The van der Waals surface area contributed by atoms with E-state index in [1.807, 2.05) is 39.8 Å². The molecule has 1 aliphatic rings. The topological polar surface area (TPSA) is 97.7 Å². The van der Waals surface area contributed by atoms with Gasteiger partial charge < -0.3 is 4.18 Å². The average Bonchev–Trinajstić information content (AvgIpc) is 2.98. The molecular formula is C26H36O6S2. The second-order valence-electron chi connectivity index (χ2n) is 10.1. The molecule has 3 rings (SSSR count). The summed E-state index contributed by atoms with van der Waals surface area (Å²) in [7, 11) is -8.64. The van der Waals surface area contributed by atoms with Crippen molar-refractivity contribution in [1.82, 2.24) is 0 Å². The van der Waals surface area contributed by atoms with Crippen LogP contribution in [0.1, 0.15) is 106 Å². The van der Waals surface area contributed by atoms with Gasteiger partial charge in [0.05, 0.1) is 4.90 Å². The molecule has 0 unspecified atom stereocenters. The Balaban J connectivity index is 2.22. The zero-order chi connectivity index (χ0) is 25.4. The van der Waals surface area contributed by atoms with Crippen LogP contribution in [0.4, 0.5) is 0 Å². The number of hydrogen-bond acceptors (Lipinski definition) is 5. The third-order valence-electron chi connectivity index (χ3n) is 6.51. The summed E-state index contributed by atoms with van der Waals surface area (Å²) in [5, 5.41) is 0. The fourth-order valence-electron chi connectivity index (χ4n) is 4.64. The molecule has 0 heterocycles. The molecular weight excluding hydrogens is 472 g/mol. The molecule has 34 heavy (non-hydrogen) atoms. The zero-order valence-electron chi connectivity index (χ0n) is 20.9. The lowest BCUT2D eigenvalue weighted by Crippen LogP contribution is -2.18. The highest BCUT2D eigenvalue weighted by atomic mass is 32.2. The Bertz CT molecular complexity index is 1240. The first-order valence-corrected chi connectivity index (χ1v) is 14.8. The molecule has 0 fully saturated rings. The summed E-state index contributed by atoms with van der Waals surface area (Å²) in [6.45, 7) is 12.0. The molecule has 0 saturated carbocycles. The summed E-state index contributed by atoms with van der Waals surface area (Å²) in [5.41, 5.74) is 3.52. The Morgan fingerprint density at radius 1 is 0.765 bits per heavy atom. The van der Waals surface area contributed by atoms with Gasteiger partial charge in [0.25, 0.3) is 10.1 Å². The van der Waals surface area contributed by atoms with Crippen molar-refractivity contribution in [3.05, 3.63) is 52.1 Å². The quantitative estimate of drug-likeness (QED) is 0.266. The summed E-state index contributed by atoms with van der Waals surface area (Å²) in [6, 6.07) is 6.52. The fourth-order valence-corrected chi connectivity index (χ4v) is 7.06. The van der Waals surface area contributed by atoms with Gasteiger partial charge >= 0.3 is 10.1 Å². The third kappa shape index (κ3) is 5.50. The molecule has 0 bridgehead atoms. The number of benzene rings is 2. The van der Waals surface area contributed by atoms with Crippen molar-refractivity contribution in [3.63, 3.8) is 0 Å². The molecule has 0 atom stereocenters. The lowest BCUT2D eigenvalue weighted by molar-refractivity contribution is 0.476. The van der Waals surface area contributed by atoms with E-state index in [-0.39, 0.29) is 33.3 Å². The maximum atomic E-state index is 13.8. The van der Waals surface area contributed by atoms with Gasteiger partial charge in [0, 0.05) is 5.56 Å². The average molecular weight is 509 g/mol. The summed E-state index contributed by atoms with van der Waals surface area (Å²) >= 11 is 0. The summed E-state index contributed by atoms with van der Waals surface area (Å²) in [6.07, 6.45) is 3.37. The Morgan fingerprint density at radius 2 is 1.29 bits per heavy atom. The number of rotatable bonds is 7. The predicted octanol–water partition coefficient (Wildman–Crippen LogP) is 6.34. The van der Waals surface area contributed by atoms with Gasteiger partial charge in [-0.05, 0) is 77.8 Å². The first-order chi connectivity index (χ1) is 15.7. The highest BCUT2D eigenvalue weighted by molar-refractivity contribution is 7.87. The van der Waals surface area contributed by atoms with Crippen molar-refractivity contribution in [2.24, 2.45) is 0 Å². The van der Waals surface area contributed by atoms with Crippen molar-refractivity contribution in [3.8, 4) is 5.75 Å². The van der Waals surface area contributed by atoms with Crippen molar-refractivity contribution in [1.29, 1.82) is 0 Å². The molecule has 1 aliphatic carbocycles. The Kier molecular flexibility index (Phi) is 7.85. The van der Waals surface area contributed by atoms with Gasteiger partial charge in [-0.25, -0.2) is 0 Å². The van der Waals surface area contributed by atoms with Crippen molar-refractivity contribution in [2.45, 2.75) is 101 Å². The van der Waals surface area contributed by atoms with Gasteiger partial charge in [0.2, 0.25) is 0 Å². The molecule has 0 saturated heterocycles. The number of hydrogen-bond donors (Lipinski definition) is 1. The van der Waals surface area contributed by atoms with Crippen LogP contribution in [0.3, 0.4) is 0 Å². The molecule has 0 aliphatic heterocycles. The molecule has 0 amide bonds. The van der Waals surface area contributed by atoms with Crippen LogP contribution < -0.4 is 4.18 Å². The van der Waals surface area contributed by atoms with E-state index in [0.717, 1.165) is 36.0 Å². The van der Waals surface area contributed by atoms with Crippen LogP contribution in [0.2, 0.25) is 0 Å². The van der Waals surface area contributed by atoms with E-state index in [1.54, 1.807) is 0 Å². The van der Waals surface area contributed by atoms with E-state index >= 15 is 0 Å². The SMILES string of the molecule is CC(C)c1cc(C(C)C)c(S(=O)(=O)Oc2ccc(S(=O)(=O)O)c3c2CCCCC3)c(C(C)C)c1. The second-order valence-corrected chi connectivity index (χ2v) is 13.0. The van der Waals surface area contributed by atoms with Crippen LogP contribution in [0.25, 0.3) is 0 Å². The summed E-state index contributed by atoms with van der Waals surface area (Å²) < 4.78 is 67.0. The predicted molar refractivity (Wildman–Crippen MR) is 134 cm³/mol. The zero-order valence-corrected chi connectivity index (χ0v) is 22.5. The largest absolute Gasteiger partial charge is 0.379 e. The minimum absolute atomic E-state index is 0.0383. The van der Waals surface area contributed by atoms with E-state index in [4.69, 9.17) is 4.18 Å². The van der Waals surface area contributed by atoms with Crippen LogP contribution in [0.15, 0.2) is 34.1 Å². The van der Waals surface area contributed by atoms with Crippen LogP contribution >= 0.6 is 0 Å². The molecule has 0 aromatic heterocycles. The third-order valence-corrected chi connectivity index (χ3v) is 8.81. The summed E-state index contributed by atoms with van der Waals surface area (Å²) in [5.74, 6) is 0.310. The van der Waals surface area contributed by atoms with Gasteiger partial charge in [-0.3, -0.25) is 4.55 Å². The first-order valence-electron chi connectivity index (χ1n) is 12.0. The molecule has 0 radical (unpaired) electrons. The maximum Gasteiger partial charge on any atom is 0.339 e. The molecule has 6 nitrogen and oxygen atoms in total. The number of fused-ring (bicyclic) bond motifs is 1.